The number of ketones is 1. The van der Waals surface area contributed by atoms with Gasteiger partial charge in [-0.25, -0.2) is 0 Å². The largest absolute Gasteiger partial charge is 0.360 e. The van der Waals surface area contributed by atoms with Crippen molar-refractivity contribution >= 4 is 55.2 Å². The van der Waals surface area contributed by atoms with Gasteiger partial charge in [-0.3, -0.25) is 4.79 Å². The van der Waals surface area contributed by atoms with Gasteiger partial charge in [0.2, 0.25) is 0 Å². The standard InChI is InChI=1S/C17H13BrINO/c1-2-10-4-3-5-12-14(9-20-16(10)12)17(21)13-8-11(19)6-7-15(13)18/h3-9,20H,2H2,1H3. The molecule has 106 valence electrons. The molecular formula is C17H13BrINO. The van der Waals surface area contributed by atoms with Crippen molar-refractivity contribution in [2.24, 2.45) is 0 Å². The summed E-state index contributed by atoms with van der Waals surface area (Å²) in [5.74, 6) is 0.0416. The highest BCUT2D eigenvalue weighted by Gasteiger charge is 2.17. The van der Waals surface area contributed by atoms with Crippen LogP contribution in [-0.4, -0.2) is 10.8 Å². The second kappa shape index (κ2) is 5.93. The Morgan fingerprint density at radius 1 is 1.24 bits per heavy atom. The quantitative estimate of drug-likeness (QED) is 0.422. The number of H-pyrrole nitrogens is 1. The first-order valence-electron chi connectivity index (χ1n) is 6.70. The molecule has 0 unspecified atom stereocenters. The predicted octanol–water partition coefficient (Wildman–Crippen LogP) is 5.33. The van der Waals surface area contributed by atoms with E-state index >= 15 is 0 Å². The van der Waals surface area contributed by atoms with Crippen molar-refractivity contribution in [3.63, 3.8) is 0 Å². The minimum atomic E-state index is 0.0416. The Hall–Kier alpha value is -1.14. The summed E-state index contributed by atoms with van der Waals surface area (Å²) in [5, 5.41) is 0.991. The van der Waals surface area contributed by atoms with Gasteiger partial charge in [-0.2, -0.15) is 0 Å². The lowest BCUT2D eigenvalue weighted by Gasteiger charge is -2.04. The number of halogens is 2. The zero-order valence-corrected chi connectivity index (χ0v) is 15.2. The minimum absolute atomic E-state index is 0.0416. The summed E-state index contributed by atoms with van der Waals surface area (Å²) in [5.41, 5.74) is 3.71. The van der Waals surface area contributed by atoms with Crippen LogP contribution in [0.25, 0.3) is 10.9 Å². The molecule has 0 aliphatic rings. The van der Waals surface area contributed by atoms with Crippen LogP contribution in [0, 0.1) is 3.57 Å². The first-order chi connectivity index (χ1) is 10.1. The number of aromatic amines is 1. The van der Waals surface area contributed by atoms with E-state index in [-0.39, 0.29) is 5.78 Å². The number of aromatic nitrogens is 1. The molecule has 0 amide bonds. The van der Waals surface area contributed by atoms with Crippen LogP contribution in [0.4, 0.5) is 0 Å². The molecule has 0 saturated carbocycles. The van der Waals surface area contributed by atoms with Crippen LogP contribution < -0.4 is 0 Å². The fraction of sp³-hybridized carbons (Fsp3) is 0.118. The van der Waals surface area contributed by atoms with E-state index in [0.29, 0.717) is 5.56 Å². The highest BCUT2D eigenvalue weighted by atomic mass is 127. The van der Waals surface area contributed by atoms with Gasteiger partial charge in [0, 0.05) is 36.3 Å². The number of nitrogens with one attached hydrogen (secondary N) is 1. The van der Waals surface area contributed by atoms with Gasteiger partial charge in [-0.1, -0.05) is 41.1 Å². The molecule has 2 aromatic carbocycles. The zero-order chi connectivity index (χ0) is 15.0. The van der Waals surface area contributed by atoms with Gasteiger partial charge in [0.15, 0.2) is 5.78 Å². The van der Waals surface area contributed by atoms with E-state index in [9.17, 15) is 4.79 Å². The van der Waals surface area contributed by atoms with Gasteiger partial charge in [-0.05, 0) is 52.8 Å². The van der Waals surface area contributed by atoms with Crippen LogP contribution in [-0.2, 0) is 6.42 Å². The molecule has 3 aromatic rings. The van der Waals surface area contributed by atoms with Gasteiger partial charge in [0.25, 0.3) is 0 Å². The first-order valence-corrected chi connectivity index (χ1v) is 8.57. The molecule has 4 heteroatoms. The summed E-state index contributed by atoms with van der Waals surface area (Å²) in [6, 6.07) is 11.9. The van der Waals surface area contributed by atoms with Gasteiger partial charge >= 0.3 is 0 Å². The Kier molecular flexibility index (Phi) is 4.17. The molecule has 0 atom stereocenters. The first kappa shape index (κ1) is 14.8. The number of para-hydroxylation sites is 1. The van der Waals surface area contributed by atoms with Crippen molar-refractivity contribution in [2.75, 3.05) is 0 Å². The number of benzene rings is 2. The number of hydrogen-bond donors (Lipinski definition) is 1. The molecule has 1 aromatic heterocycles. The Labute approximate surface area is 145 Å². The van der Waals surface area contributed by atoms with E-state index in [1.165, 1.54) is 5.56 Å². The van der Waals surface area contributed by atoms with E-state index in [4.69, 9.17) is 0 Å². The molecule has 0 fully saturated rings. The number of aryl methyl sites for hydroxylation is 1. The van der Waals surface area contributed by atoms with Crippen LogP contribution in [0.15, 0.2) is 47.1 Å². The molecule has 1 heterocycles. The second-order valence-electron chi connectivity index (χ2n) is 4.85. The molecule has 0 saturated heterocycles. The molecule has 0 aliphatic carbocycles. The molecule has 3 rings (SSSR count). The topological polar surface area (TPSA) is 32.9 Å². The second-order valence-corrected chi connectivity index (χ2v) is 6.95. The summed E-state index contributed by atoms with van der Waals surface area (Å²) >= 11 is 5.70. The number of carbonyl (C=O) groups is 1. The summed E-state index contributed by atoms with van der Waals surface area (Å²) < 4.78 is 1.88. The molecular weight excluding hydrogens is 441 g/mol. The van der Waals surface area contributed by atoms with Gasteiger partial charge in [0.05, 0.1) is 0 Å². The fourth-order valence-electron chi connectivity index (χ4n) is 2.52. The van der Waals surface area contributed by atoms with E-state index in [1.54, 1.807) is 0 Å². The Morgan fingerprint density at radius 3 is 2.81 bits per heavy atom. The molecule has 2 nitrogen and oxygen atoms in total. The van der Waals surface area contributed by atoms with Crippen molar-refractivity contribution in [2.45, 2.75) is 13.3 Å². The summed E-state index contributed by atoms with van der Waals surface area (Å²) in [4.78, 5) is 16.1. The van der Waals surface area contributed by atoms with Crippen LogP contribution in [0.3, 0.4) is 0 Å². The van der Waals surface area contributed by atoms with E-state index < -0.39 is 0 Å². The normalized spacial score (nSPS) is 11.0. The molecule has 1 N–H and O–H groups in total. The fourth-order valence-corrected chi connectivity index (χ4v) is 3.43. The van der Waals surface area contributed by atoms with E-state index in [1.807, 2.05) is 36.5 Å². The number of hydrogen-bond acceptors (Lipinski definition) is 1. The van der Waals surface area contributed by atoms with Crippen molar-refractivity contribution in [1.82, 2.24) is 4.98 Å². The zero-order valence-electron chi connectivity index (χ0n) is 11.4. The molecule has 21 heavy (non-hydrogen) atoms. The molecule has 0 radical (unpaired) electrons. The SMILES string of the molecule is CCc1cccc2c(C(=O)c3cc(I)ccc3Br)c[nH]c12. The van der Waals surface area contributed by atoms with Crippen molar-refractivity contribution in [1.29, 1.82) is 0 Å². The third-order valence-corrected chi connectivity index (χ3v) is 4.96. The van der Waals surface area contributed by atoms with Crippen molar-refractivity contribution in [3.05, 3.63) is 67.3 Å². The molecule has 0 bridgehead atoms. The Bertz CT molecular complexity index is 838. The lowest BCUT2D eigenvalue weighted by Crippen LogP contribution is -2.02. The Morgan fingerprint density at radius 2 is 2.05 bits per heavy atom. The smallest absolute Gasteiger partial charge is 0.196 e. The van der Waals surface area contributed by atoms with Gasteiger partial charge in [-0.15, -0.1) is 0 Å². The number of fused-ring (bicyclic) bond motifs is 1. The van der Waals surface area contributed by atoms with Gasteiger partial charge in [0.1, 0.15) is 0 Å². The van der Waals surface area contributed by atoms with Crippen molar-refractivity contribution in [3.8, 4) is 0 Å². The highest BCUT2D eigenvalue weighted by Crippen LogP contribution is 2.27. The minimum Gasteiger partial charge on any atom is -0.360 e. The lowest BCUT2D eigenvalue weighted by molar-refractivity contribution is 0.103. The third-order valence-electron chi connectivity index (χ3n) is 3.60. The summed E-state index contributed by atoms with van der Waals surface area (Å²) in [6.07, 6.45) is 2.76. The third kappa shape index (κ3) is 2.66. The summed E-state index contributed by atoms with van der Waals surface area (Å²) in [7, 11) is 0. The highest BCUT2D eigenvalue weighted by molar-refractivity contribution is 14.1. The van der Waals surface area contributed by atoms with Crippen LogP contribution in [0.2, 0.25) is 0 Å². The van der Waals surface area contributed by atoms with Crippen LogP contribution >= 0.6 is 38.5 Å². The molecule has 0 aliphatic heterocycles. The van der Waals surface area contributed by atoms with E-state index in [0.717, 1.165) is 30.9 Å². The maximum absolute atomic E-state index is 12.8. The predicted molar refractivity (Wildman–Crippen MR) is 98.0 cm³/mol. The number of carbonyl (C=O) groups excluding carboxylic acids is 1. The lowest BCUT2D eigenvalue weighted by atomic mass is 10.0. The van der Waals surface area contributed by atoms with Crippen molar-refractivity contribution < 1.29 is 4.79 Å². The average molecular weight is 454 g/mol. The maximum atomic E-state index is 12.8. The van der Waals surface area contributed by atoms with Crippen LogP contribution in [0.1, 0.15) is 28.4 Å². The average Bonchev–Trinajstić information content (AvgIpc) is 2.93. The summed E-state index contributed by atoms with van der Waals surface area (Å²) in [6.45, 7) is 2.12. The van der Waals surface area contributed by atoms with E-state index in [2.05, 4.69) is 56.5 Å². The Balaban J connectivity index is 2.16. The monoisotopic (exact) mass is 453 g/mol. The molecule has 0 spiro atoms. The van der Waals surface area contributed by atoms with Crippen LogP contribution in [0.5, 0.6) is 0 Å². The maximum Gasteiger partial charge on any atom is 0.196 e. The van der Waals surface area contributed by atoms with Gasteiger partial charge < -0.3 is 4.98 Å². The number of rotatable bonds is 3.